The van der Waals surface area contributed by atoms with Crippen molar-refractivity contribution >= 4 is 5.82 Å². The number of nitrogens with one attached hydrogen (secondary N) is 1. The predicted octanol–water partition coefficient (Wildman–Crippen LogP) is 2.90. The van der Waals surface area contributed by atoms with Crippen LogP contribution in [0.15, 0.2) is 24.4 Å². The molecular formula is C11H11F2N3. The minimum atomic E-state index is -2.52. The highest BCUT2D eigenvalue weighted by atomic mass is 19.3. The molecule has 1 heterocycles. The molecule has 16 heavy (non-hydrogen) atoms. The zero-order valence-electron chi connectivity index (χ0n) is 8.67. The lowest BCUT2D eigenvalue weighted by Gasteiger charge is -2.08. The number of nitrogen functional groups attached to an aromatic ring is 1. The Bertz CT molecular complexity index is 506. The quantitative estimate of drug-likeness (QED) is 0.822. The second-order valence-corrected chi connectivity index (χ2v) is 3.59. The normalized spacial score (nSPS) is 11.0. The SMILES string of the molecule is Cc1ccc(C(F)F)c(-c2cn[nH]c2N)c1. The van der Waals surface area contributed by atoms with E-state index in [0.717, 1.165) is 5.56 Å². The monoisotopic (exact) mass is 223 g/mol. The number of H-pyrrole nitrogens is 1. The zero-order chi connectivity index (χ0) is 11.7. The van der Waals surface area contributed by atoms with E-state index in [1.54, 1.807) is 12.1 Å². The second-order valence-electron chi connectivity index (χ2n) is 3.59. The average molecular weight is 223 g/mol. The number of alkyl halides is 2. The third kappa shape index (κ3) is 1.76. The van der Waals surface area contributed by atoms with E-state index in [-0.39, 0.29) is 5.56 Å². The van der Waals surface area contributed by atoms with Crippen molar-refractivity contribution < 1.29 is 8.78 Å². The first-order chi connectivity index (χ1) is 7.59. The minimum Gasteiger partial charge on any atom is -0.384 e. The molecule has 0 saturated carbocycles. The van der Waals surface area contributed by atoms with Gasteiger partial charge in [-0.15, -0.1) is 0 Å². The molecule has 2 rings (SSSR count). The Labute approximate surface area is 91.3 Å². The number of nitrogens with zero attached hydrogens (tertiary/aromatic N) is 1. The van der Waals surface area contributed by atoms with E-state index in [9.17, 15) is 8.78 Å². The van der Waals surface area contributed by atoms with Crippen LogP contribution in [0.4, 0.5) is 14.6 Å². The lowest BCUT2D eigenvalue weighted by molar-refractivity contribution is 0.152. The van der Waals surface area contributed by atoms with Crippen LogP contribution in [-0.4, -0.2) is 10.2 Å². The molecule has 0 atom stereocenters. The number of anilines is 1. The highest BCUT2D eigenvalue weighted by molar-refractivity contribution is 5.76. The van der Waals surface area contributed by atoms with Gasteiger partial charge in [-0.2, -0.15) is 5.10 Å². The van der Waals surface area contributed by atoms with Crippen LogP contribution in [0.25, 0.3) is 11.1 Å². The van der Waals surface area contributed by atoms with Crippen molar-refractivity contribution in [2.24, 2.45) is 0 Å². The molecule has 0 radical (unpaired) electrons. The third-order valence-electron chi connectivity index (χ3n) is 2.40. The van der Waals surface area contributed by atoms with Crippen molar-refractivity contribution in [3.8, 4) is 11.1 Å². The van der Waals surface area contributed by atoms with Crippen LogP contribution >= 0.6 is 0 Å². The molecule has 0 spiro atoms. The summed E-state index contributed by atoms with van der Waals surface area (Å²) in [5.41, 5.74) is 7.45. The largest absolute Gasteiger partial charge is 0.384 e. The van der Waals surface area contributed by atoms with Gasteiger partial charge in [-0.05, 0) is 12.5 Å². The molecule has 0 saturated heterocycles. The summed E-state index contributed by atoms with van der Waals surface area (Å²) in [5.74, 6) is 0.299. The Morgan fingerprint density at radius 1 is 1.31 bits per heavy atom. The summed E-state index contributed by atoms with van der Waals surface area (Å²) in [5, 5.41) is 6.27. The van der Waals surface area contributed by atoms with Crippen LogP contribution in [0.5, 0.6) is 0 Å². The third-order valence-corrected chi connectivity index (χ3v) is 2.40. The number of hydrogen-bond donors (Lipinski definition) is 2. The van der Waals surface area contributed by atoms with Crippen molar-refractivity contribution in [1.82, 2.24) is 10.2 Å². The van der Waals surface area contributed by atoms with Gasteiger partial charge in [0.2, 0.25) is 0 Å². The molecule has 3 N–H and O–H groups in total. The molecule has 0 bridgehead atoms. The van der Waals surface area contributed by atoms with Gasteiger partial charge in [-0.1, -0.05) is 23.8 Å². The maximum atomic E-state index is 12.8. The van der Waals surface area contributed by atoms with Gasteiger partial charge in [0.25, 0.3) is 6.43 Å². The first kappa shape index (κ1) is 10.6. The van der Waals surface area contributed by atoms with Crippen LogP contribution in [0.1, 0.15) is 17.6 Å². The summed E-state index contributed by atoms with van der Waals surface area (Å²) in [6.45, 7) is 1.84. The average Bonchev–Trinajstić information content (AvgIpc) is 2.63. The van der Waals surface area contributed by atoms with Gasteiger partial charge in [-0.25, -0.2) is 8.78 Å². The standard InChI is InChI=1S/C11H11F2N3/c1-6-2-3-7(10(12)13)8(4-6)9-5-15-16-11(9)14/h2-5,10H,1H3,(H3,14,15,16). The van der Waals surface area contributed by atoms with Crippen molar-refractivity contribution in [1.29, 1.82) is 0 Å². The van der Waals surface area contributed by atoms with Crippen LogP contribution in [0, 0.1) is 6.92 Å². The molecule has 5 heteroatoms. The maximum Gasteiger partial charge on any atom is 0.264 e. The van der Waals surface area contributed by atoms with E-state index in [0.29, 0.717) is 16.9 Å². The molecule has 0 amide bonds. The summed E-state index contributed by atoms with van der Waals surface area (Å²) in [7, 11) is 0. The molecule has 0 aliphatic carbocycles. The van der Waals surface area contributed by atoms with Crippen LogP contribution in [-0.2, 0) is 0 Å². The number of aromatic nitrogens is 2. The Morgan fingerprint density at radius 3 is 2.62 bits per heavy atom. The highest BCUT2D eigenvalue weighted by Gasteiger charge is 2.16. The summed E-state index contributed by atoms with van der Waals surface area (Å²) in [4.78, 5) is 0. The molecule has 0 fully saturated rings. The molecule has 3 nitrogen and oxygen atoms in total. The molecule has 0 aliphatic heterocycles. The topological polar surface area (TPSA) is 54.7 Å². The minimum absolute atomic E-state index is 0.0290. The molecule has 0 unspecified atom stereocenters. The maximum absolute atomic E-state index is 12.8. The first-order valence-corrected chi connectivity index (χ1v) is 4.77. The number of benzene rings is 1. The molecule has 1 aromatic heterocycles. The Kier molecular flexibility index (Phi) is 2.60. The van der Waals surface area contributed by atoms with Crippen LogP contribution in [0.2, 0.25) is 0 Å². The van der Waals surface area contributed by atoms with E-state index in [2.05, 4.69) is 10.2 Å². The summed E-state index contributed by atoms with van der Waals surface area (Å²) >= 11 is 0. The number of halogens is 2. The van der Waals surface area contributed by atoms with Crippen molar-refractivity contribution in [3.05, 3.63) is 35.5 Å². The van der Waals surface area contributed by atoms with Gasteiger partial charge < -0.3 is 5.73 Å². The zero-order valence-corrected chi connectivity index (χ0v) is 8.67. The lowest BCUT2D eigenvalue weighted by atomic mass is 9.99. The summed E-state index contributed by atoms with van der Waals surface area (Å²) < 4.78 is 25.6. The Hall–Kier alpha value is -1.91. The van der Waals surface area contributed by atoms with E-state index in [1.165, 1.54) is 12.3 Å². The fraction of sp³-hybridized carbons (Fsp3) is 0.182. The first-order valence-electron chi connectivity index (χ1n) is 4.77. The molecule has 2 aromatic rings. The van der Waals surface area contributed by atoms with Crippen molar-refractivity contribution in [2.75, 3.05) is 5.73 Å². The number of rotatable bonds is 2. The molecular weight excluding hydrogens is 212 g/mol. The highest BCUT2D eigenvalue weighted by Crippen LogP contribution is 2.33. The van der Waals surface area contributed by atoms with Crippen molar-refractivity contribution in [3.63, 3.8) is 0 Å². The molecule has 0 aliphatic rings. The van der Waals surface area contributed by atoms with Gasteiger partial charge in [0.05, 0.1) is 6.20 Å². The Balaban J connectivity index is 2.63. The van der Waals surface area contributed by atoms with E-state index < -0.39 is 6.43 Å². The van der Waals surface area contributed by atoms with Gasteiger partial charge in [0.15, 0.2) is 0 Å². The summed E-state index contributed by atoms with van der Waals surface area (Å²) in [6.07, 6.45) is -1.07. The van der Waals surface area contributed by atoms with Gasteiger partial charge >= 0.3 is 0 Å². The number of hydrogen-bond acceptors (Lipinski definition) is 2. The Morgan fingerprint density at radius 2 is 2.06 bits per heavy atom. The second kappa shape index (κ2) is 3.92. The van der Waals surface area contributed by atoms with Gasteiger partial charge in [0.1, 0.15) is 5.82 Å². The number of nitrogens with two attached hydrogens (primary N) is 1. The fourth-order valence-electron chi connectivity index (χ4n) is 1.60. The fourth-order valence-corrected chi connectivity index (χ4v) is 1.60. The van der Waals surface area contributed by atoms with Gasteiger partial charge in [-0.3, -0.25) is 5.10 Å². The predicted molar refractivity (Wildman–Crippen MR) is 58.1 cm³/mol. The van der Waals surface area contributed by atoms with Crippen molar-refractivity contribution in [2.45, 2.75) is 13.3 Å². The summed E-state index contributed by atoms with van der Waals surface area (Å²) in [6, 6.07) is 4.76. The van der Waals surface area contributed by atoms with E-state index >= 15 is 0 Å². The molecule has 1 aromatic carbocycles. The lowest BCUT2D eigenvalue weighted by Crippen LogP contribution is -1.94. The van der Waals surface area contributed by atoms with Crippen LogP contribution < -0.4 is 5.73 Å². The van der Waals surface area contributed by atoms with Crippen LogP contribution in [0.3, 0.4) is 0 Å². The molecule has 84 valence electrons. The van der Waals surface area contributed by atoms with Gasteiger partial charge in [0, 0.05) is 11.1 Å². The smallest absolute Gasteiger partial charge is 0.264 e. The number of aromatic amines is 1. The number of aryl methyl sites for hydroxylation is 1. The van der Waals surface area contributed by atoms with E-state index in [4.69, 9.17) is 5.73 Å². The van der Waals surface area contributed by atoms with E-state index in [1.807, 2.05) is 6.92 Å².